The molecular weight excluding hydrogens is 414 g/mol. The third-order valence-electron chi connectivity index (χ3n) is 6.21. The van der Waals surface area contributed by atoms with Crippen molar-refractivity contribution in [3.63, 3.8) is 0 Å². The van der Waals surface area contributed by atoms with Gasteiger partial charge in [-0.25, -0.2) is 0 Å². The molecule has 0 saturated carbocycles. The first-order valence-corrected chi connectivity index (χ1v) is 10.9. The van der Waals surface area contributed by atoms with Crippen molar-refractivity contribution in [1.29, 1.82) is 0 Å². The van der Waals surface area contributed by atoms with Crippen molar-refractivity contribution in [2.75, 3.05) is 36.0 Å². The van der Waals surface area contributed by atoms with E-state index < -0.39 is 0 Å². The van der Waals surface area contributed by atoms with Crippen LogP contribution in [0, 0.1) is 0 Å². The SMILES string of the molecule is Cn1cc2cccc(N3CCN(c4cccc(C5CCC(=O)NC5=O)c4Cl)CC3)c2n1. The number of nitrogens with zero attached hydrogens (tertiary/aromatic N) is 4. The summed E-state index contributed by atoms with van der Waals surface area (Å²) < 4.78 is 1.85. The summed E-state index contributed by atoms with van der Waals surface area (Å²) >= 11 is 6.78. The highest BCUT2D eigenvalue weighted by Gasteiger charge is 2.31. The molecule has 160 valence electrons. The fraction of sp³-hybridized carbons (Fsp3) is 0.348. The van der Waals surface area contributed by atoms with E-state index >= 15 is 0 Å². The Bertz CT molecular complexity index is 1170. The number of fused-ring (bicyclic) bond motifs is 1. The molecule has 3 aromatic rings. The Kier molecular flexibility index (Phi) is 5.06. The second kappa shape index (κ2) is 7.89. The first-order chi connectivity index (χ1) is 15.0. The van der Waals surface area contributed by atoms with Gasteiger partial charge in [0.2, 0.25) is 11.8 Å². The van der Waals surface area contributed by atoms with Gasteiger partial charge in [-0.05, 0) is 24.1 Å². The monoisotopic (exact) mass is 437 g/mol. The van der Waals surface area contributed by atoms with Gasteiger partial charge in [-0.3, -0.25) is 19.6 Å². The van der Waals surface area contributed by atoms with Gasteiger partial charge in [0, 0.05) is 51.2 Å². The molecule has 1 unspecified atom stereocenters. The lowest BCUT2D eigenvalue weighted by Crippen LogP contribution is -2.46. The van der Waals surface area contributed by atoms with Crippen molar-refractivity contribution >= 4 is 45.7 Å². The Morgan fingerprint density at radius 1 is 1.00 bits per heavy atom. The number of carbonyl (C=O) groups is 2. The van der Waals surface area contributed by atoms with E-state index in [4.69, 9.17) is 11.6 Å². The zero-order chi connectivity index (χ0) is 21.5. The molecule has 7 nitrogen and oxygen atoms in total. The lowest BCUT2D eigenvalue weighted by Gasteiger charge is -2.38. The highest BCUT2D eigenvalue weighted by Crippen LogP contribution is 2.37. The molecule has 2 saturated heterocycles. The Labute approximate surface area is 185 Å². The van der Waals surface area contributed by atoms with Gasteiger partial charge in [-0.1, -0.05) is 35.9 Å². The Balaban J connectivity index is 1.35. The number of benzene rings is 2. The van der Waals surface area contributed by atoms with Gasteiger partial charge in [0.1, 0.15) is 5.52 Å². The van der Waals surface area contributed by atoms with Crippen LogP contribution in [0.15, 0.2) is 42.6 Å². The molecule has 2 fully saturated rings. The Hall–Kier alpha value is -3.06. The molecular formula is C23H24ClN5O2. The summed E-state index contributed by atoms with van der Waals surface area (Å²) in [6.07, 6.45) is 2.87. The summed E-state index contributed by atoms with van der Waals surface area (Å²) in [4.78, 5) is 28.5. The molecule has 0 aliphatic carbocycles. The van der Waals surface area contributed by atoms with Crippen LogP contribution in [0.25, 0.3) is 10.9 Å². The lowest BCUT2D eigenvalue weighted by molar-refractivity contribution is -0.134. The van der Waals surface area contributed by atoms with Crippen LogP contribution in [0.5, 0.6) is 0 Å². The zero-order valence-corrected chi connectivity index (χ0v) is 18.1. The van der Waals surface area contributed by atoms with Crippen LogP contribution in [0.3, 0.4) is 0 Å². The van der Waals surface area contributed by atoms with E-state index in [1.54, 1.807) is 0 Å². The number of piperidine rings is 1. The van der Waals surface area contributed by atoms with Gasteiger partial charge < -0.3 is 9.80 Å². The maximum absolute atomic E-state index is 12.3. The molecule has 2 amide bonds. The second-order valence-corrected chi connectivity index (χ2v) is 8.55. The van der Waals surface area contributed by atoms with Crippen molar-refractivity contribution in [1.82, 2.24) is 15.1 Å². The first-order valence-electron chi connectivity index (χ1n) is 10.6. The normalized spacial score (nSPS) is 19.7. The largest absolute Gasteiger partial charge is 0.367 e. The van der Waals surface area contributed by atoms with Crippen LogP contribution in [0.4, 0.5) is 11.4 Å². The van der Waals surface area contributed by atoms with Gasteiger partial charge in [-0.2, -0.15) is 5.10 Å². The van der Waals surface area contributed by atoms with E-state index in [0.717, 1.165) is 54.0 Å². The van der Waals surface area contributed by atoms with Crippen LogP contribution in [-0.2, 0) is 16.6 Å². The van der Waals surface area contributed by atoms with Crippen LogP contribution in [-0.4, -0.2) is 47.8 Å². The fourth-order valence-electron chi connectivity index (χ4n) is 4.63. The predicted molar refractivity (Wildman–Crippen MR) is 122 cm³/mol. The second-order valence-electron chi connectivity index (χ2n) is 8.18. The highest BCUT2D eigenvalue weighted by atomic mass is 35.5. The van der Waals surface area contributed by atoms with Crippen molar-refractivity contribution < 1.29 is 9.59 Å². The maximum Gasteiger partial charge on any atom is 0.234 e. The number of aryl methyl sites for hydroxylation is 1. The summed E-state index contributed by atoms with van der Waals surface area (Å²) in [5.74, 6) is -0.857. The summed E-state index contributed by atoms with van der Waals surface area (Å²) in [5, 5.41) is 8.81. The van der Waals surface area contributed by atoms with Crippen LogP contribution in [0.2, 0.25) is 5.02 Å². The Morgan fingerprint density at radius 2 is 1.68 bits per heavy atom. The molecule has 2 aliphatic rings. The average molecular weight is 438 g/mol. The Morgan fingerprint density at radius 3 is 2.42 bits per heavy atom. The van der Waals surface area contributed by atoms with Gasteiger partial charge in [0.25, 0.3) is 0 Å². The van der Waals surface area contributed by atoms with Crippen molar-refractivity contribution in [3.8, 4) is 0 Å². The number of hydrogen-bond acceptors (Lipinski definition) is 5. The standard InChI is InChI=1S/C23H24ClN5O2/c1-27-14-15-4-2-7-19(22(15)26-27)29-12-10-28(11-13-29)18-6-3-5-16(21(18)24)17-8-9-20(30)25-23(17)31/h2-7,14,17H,8-13H2,1H3,(H,25,30,31). The van der Waals surface area contributed by atoms with Crippen molar-refractivity contribution in [3.05, 3.63) is 53.2 Å². The van der Waals surface area contributed by atoms with Gasteiger partial charge in [0.05, 0.1) is 22.3 Å². The molecule has 5 rings (SSSR count). The number of rotatable bonds is 3. The van der Waals surface area contributed by atoms with E-state index in [9.17, 15) is 9.59 Å². The number of carbonyl (C=O) groups excluding carboxylic acids is 2. The molecule has 31 heavy (non-hydrogen) atoms. The molecule has 0 spiro atoms. The molecule has 1 N–H and O–H groups in total. The van der Waals surface area contributed by atoms with Crippen LogP contribution in [0.1, 0.15) is 24.3 Å². The molecule has 0 bridgehead atoms. The molecule has 2 aromatic carbocycles. The van der Waals surface area contributed by atoms with Crippen molar-refractivity contribution in [2.24, 2.45) is 7.05 Å². The highest BCUT2D eigenvalue weighted by molar-refractivity contribution is 6.34. The average Bonchev–Trinajstić information content (AvgIpc) is 3.15. The number of hydrogen-bond donors (Lipinski definition) is 1. The smallest absolute Gasteiger partial charge is 0.234 e. The zero-order valence-electron chi connectivity index (χ0n) is 17.3. The minimum atomic E-state index is -0.381. The quantitative estimate of drug-likeness (QED) is 0.638. The van der Waals surface area contributed by atoms with Gasteiger partial charge in [-0.15, -0.1) is 0 Å². The lowest BCUT2D eigenvalue weighted by atomic mass is 9.90. The molecule has 8 heteroatoms. The third kappa shape index (κ3) is 3.63. The summed E-state index contributed by atoms with van der Waals surface area (Å²) in [6, 6.07) is 12.1. The van der Waals surface area contributed by atoms with Crippen LogP contribution < -0.4 is 15.1 Å². The molecule has 3 heterocycles. The van der Waals surface area contributed by atoms with E-state index in [-0.39, 0.29) is 17.7 Å². The van der Waals surface area contributed by atoms with Crippen molar-refractivity contribution in [2.45, 2.75) is 18.8 Å². The predicted octanol–water partition coefficient (Wildman–Crippen LogP) is 3.07. The molecule has 0 radical (unpaired) electrons. The number of anilines is 2. The number of amides is 2. The van der Waals surface area contributed by atoms with Gasteiger partial charge in [0.15, 0.2) is 0 Å². The third-order valence-corrected chi connectivity index (χ3v) is 6.63. The summed E-state index contributed by atoms with van der Waals surface area (Å²) in [5.41, 5.74) is 3.92. The number of piperazine rings is 1. The number of imide groups is 1. The van der Waals surface area contributed by atoms with Crippen LogP contribution >= 0.6 is 11.6 Å². The topological polar surface area (TPSA) is 70.5 Å². The number of aromatic nitrogens is 2. The number of halogens is 1. The minimum Gasteiger partial charge on any atom is -0.367 e. The van der Waals surface area contributed by atoms with E-state index in [2.05, 4.69) is 38.4 Å². The minimum absolute atomic E-state index is 0.215. The van der Waals surface area contributed by atoms with E-state index in [1.807, 2.05) is 36.1 Å². The summed E-state index contributed by atoms with van der Waals surface area (Å²) in [7, 11) is 1.94. The van der Waals surface area contributed by atoms with E-state index in [0.29, 0.717) is 17.9 Å². The maximum atomic E-state index is 12.3. The van der Waals surface area contributed by atoms with E-state index in [1.165, 1.54) is 0 Å². The number of nitrogens with one attached hydrogen (secondary N) is 1. The summed E-state index contributed by atoms with van der Waals surface area (Å²) in [6.45, 7) is 3.35. The first kappa shape index (κ1) is 19.9. The molecule has 1 atom stereocenters. The van der Waals surface area contributed by atoms with Gasteiger partial charge >= 0.3 is 0 Å². The fourth-order valence-corrected chi connectivity index (χ4v) is 5.01. The molecule has 1 aromatic heterocycles. The molecule has 2 aliphatic heterocycles.